The summed E-state index contributed by atoms with van der Waals surface area (Å²) in [4.78, 5) is 3.55. The highest BCUT2D eigenvalue weighted by Crippen LogP contribution is 2.27. The molecule has 0 unspecified atom stereocenters. The zero-order chi connectivity index (χ0) is 12.4. The molecule has 1 nitrogen and oxygen atoms in total. The average Bonchev–Trinajstić information content (AvgIpc) is 2.79. The maximum absolute atomic E-state index is 3.55. The number of hydrogen-bond acceptors (Lipinski definition) is 0. The van der Waals surface area contributed by atoms with E-state index in [0.29, 0.717) is 0 Å². The first-order valence-corrected chi connectivity index (χ1v) is 6.79. The van der Waals surface area contributed by atoms with Crippen LogP contribution < -0.4 is 0 Å². The molecule has 18 heavy (non-hydrogen) atoms. The Morgan fingerprint density at radius 1 is 1.06 bits per heavy atom. The number of nitrogens with one attached hydrogen (secondary N) is 1. The summed E-state index contributed by atoms with van der Waals surface area (Å²) in [5.41, 5.74) is 3.92. The first-order chi connectivity index (χ1) is 8.90. The number of H-pyrrole nitrogens is 1. The number of aryl methyl sites for hydroxylation is 1. The molecule has 0 atom stereocenters. The molecule has 1 aromatic heterocycles. The molecular weight excluding hydrogens is 218 g/mol. The van der Waals surface area contributed by atoms with Gasteiger partial charge in [0.1, 0.15) is 0 Å². The van der Waals surface area contributed by atoms with Crippen LogP contribution in [0.5, 0.6) is 0 Å². The molecule has 0 saturated carbocycles. The first-order valence-electron chi connectivity index (χ1n) is 6.79. The number of aromatic amines is 1. The molecule has 91 valence electrons. The van der Waals surface area contributed by atoms with Crippen molar-refractivity contribution in [2.45, 2.75) is 32.6 Å². The van der Waals surface area contributed by atoms with E-state index in [1.165, 1.54) is 46.6 Å². The highest BCUT2D eigenvalue weighted by atomic mass is 14.7. The van der Waals surface area contributed by atoms with Crippen LogP contribution in [-0.2, 0) is 6.42 Å². The molecule has 3 aromatic rings. The van der Waals surface area contributed by atoms with Crippen molar-refractivity contribution < 1.29 is 0 Å². The van der Waals surface area contributed by atoms with Gasteiger partial charge in [-0.1, -0.05) is 38.0 Å². The topological polar surface area (TPSA) is 15.8 Å². The van der Waals surface area contributed by atoms with Crippen LogP contribution in [0.1, 0.15) is 31.7 Å². The van der Waals surface area contributed by atoms with Crippen molar-refractivity contribution >= 4 is 21.8 Å². The van der Waals surface area contributed by atoms with Crippen LogP contribution in [0.3, 0.4) is 0 Å². The Morgan fingerprint density at radius 3 is 2.83 bits per heavy atom. The summed E-state index contributed by atoms with van der Waals surface area (Å²) in [6, 6.07) is 16.0. The number of para-hydroxylation sites is 1. The maximum atomic E-state index is 3.55. The van der Waals surface area contributed by atoms with Crippen molar-refractivity contribution in [1.29, 1.82) is 0 Å². The SMILES string of the molecule is CCCCCc1c[c]cc2c1[nH]c1ccccc12. The summed E-state index contributed by atoms with van der Waals surface area (Å²) in [5.74, 6) is 0. The van der Waals surface area contributed by atoms with E-state index in [2.05, 4.69) is 54.4 Å². The highest BCUT2D eigenvalue weighted by molar-refractivity contribution is 6.08. The van der Waals surface area contributed by atoms with Crippen molar-refractivity contribution in [3.63, 3.8) is 0 Å². The van der Waals surface area contributed by atoms with Crippen LogP contribution in [0.25, 0.3) is 21.8 Å². The molecule has 1 radical (unpaired) electrons. The molecule has 3 rings (SSSR count). The van der Waals surface area contributed by atoms with Gasteiger partial charge in [0.25, 0.3) is 0 Å². The molecule has 0 fully saturated rings. The number of benzene rings is 2. The van der Waals surface area contributed by atoms with Gasteiger partial charge >= 0.3 is 0 Å². The highest BCUT2D eigenvalue weighted by Gasteiger charge is 2.06. The standard InChI is InChI=1S/C17H18N/c1-2-3-4-8-13-9-7-11-15-14-10-5-6-12-16(14)18-17(13)15/h5-6,9-12,18H,2-4,8H2,1H3. The Kier molecular flexibility index (Phi) is 3.06. The largest absolute Gasteiger partial charge is 0.354 e. The lowest BCUT2D eigenvalue weighted by Crippen LogP contribution is -1.87. The Labute approximate surface area is 108 Å². The van der Waals surface area contributed by atoms with Gasteiger partial charge in [-0.3, -0.25) is 0 Å². The molecule has 0 aliphatic carbocycles. The quantitative estimate of drug-likeness (QED) is 0.623. The van der Waals surface area contributed by atoms with Crippen molar-refractivity contribution in [2.24, 2.45) is 0 Å². The fourth-order valence-electron chi connectivity index (χ4n) is 2.63. The second kappa shape index (κ2) is 4.85. The average molecular weight is 236 g/mol. The number of rotatable bonds is 4. The third-order valence-electron chi connectivity index (χ3n) is 3.60. The summed E-state index contributed by atoms with van der Waals surface area (Å²) in [6.45, 7) is 2.25. The number of aromatic nitrogens is 1. The lowest BCUT2D eigenvalue weighted by molar-refractivity contribution is 0.719. The molecule has 1 heteroatoms. The van der Waals surface area contributed by atoms with Crippen molar-refractivity contribution in [3.8, 4) is 0 Å². The predicted octanol–water partition coefficient (Wildman–Crippen LogP) is 4.85. The fourth-order valence-corrected chi connectivity index (χ4v) is 2.63. The van der Waals surface area contributed by atoms with Gasteiger partial charge in [0.15, 0.2) is 0 Å². The molecule has 0 saturated heterocycles. The van der Waals surface area contributed by atoms with Crippen LogP contribution in [0, 0.1) is 6.07 Å². The number of unbranched alkanes of at least 4 members (excludes halogenated alkanes) is 2. The van der Waals surface area contributed by atoms with Gasteiger partial charge in [0, 0.05) is 21.8 Å². The molecule has 0 amide bonds. The van der Waals surface area contributed by atoms with E-state index >= 15 is 0 Å². The molecule has 2 aromatic carbocycles. The van der Waals surface area contributed by atoms with E-state index in [9.17, 15) is 0 Å². The second-order valence-electron chi connectivity index (χ2n) is 4.90. The number of fused-ring (bicyclic) bond motifs is 3. The minimum absolute atomic E-state index is 1.15. The van der Waals surface area contributed by atoms with Gasteiger partial charge in [-0.05, 0) is 42.7 Å². The van der Waals surface area contributed by atoms with Crippen LogP contribution in [0.15, 0.2) is 36.4 Å². The third-order valence-corrected chi connectivity index (χ3v) is 3.60. The third kappa shape index (κ3) is 1.90. The maximum Gasteiger partial charge on any atom is 0.0497 e. The monoisotopic (exact) mass is 236 g/mol. The van der Waals surface area contributed by atoms with Gasteiger partial charge < -0.3 is 4.98 Å². The second-order valence-corrected chi connectivity index (χ2v) is 4.90. The summed E-state index contributed by atoms with van der Waals surface area (Å²) in [7, 11) is 0. The lowest BCUT2D eigenvalue weighted by Gasteiger charge is -2.02. The van der Waals surface area contributed by atoms with Gasteiger partial charge in [-0.25, -0.2) is 0 Å². The summed E-state index contributed by atoms with van der Waals surface area (Å²) >= 11 is 0. The summed E-state index contributed by atoms with van der Waals surface area (Å²) < 4.78 is 0. The van der Waals surface area contributed by atoms with E-state index in [1.54, 1.807) is 0 Å². The van der Waals surface area contributed by atoms with Crippen LogP contribution in [0.2, 0.25) is 0 Å². The first kappa shape index (κ1) is 11.3. The zero-order valence-electron chi connectivity index (χ0n) is 10.8. The fraction of sp³-hybridized carbons (Fsp3) is 0.294. The Balaban J connectivity index is 2.09. The Bertz CT molecular complexity index is 663. The van der Waals surface area contributed by atoms with E-state index in [0.717, 1.165) is 6.42 Å². The zero-order valence-corrected chi connectivity index (χ0v) is 10.8. The van der Waals surface area contributed by atoms with Crippen molar-refractivity contribution in [3.05, 3.63) is 48.0 Å². The van der Waals surface area contributed by atoms with E-state index in [4.69, 9.17) is 0 Å². The van der Waals surface area contributed by atoms with E-state index in [-0.39, 0.29) is 0 Å². The van der Waals surface area contributed by atoms with Gasteiger partial charge in [0.2, 0.25) is 0 Å². The Hall–Kier alpha value is -1.76. The molecular formula is C17H18N. The number of hydrogen-bond donors (Lipinski definition) is 1. The molecule has 1 heterocycles. The lowest BCUT2D eigenvalue weighted by atomic mass is 10.0. The predicted molar refractivity (Wildman–Crippen MR) is 77.9 cm³/mol. The molecule has 1 N–H and O–H groups in total. The molecule has 0 spiro atoms. The minimum atomic E-state index is 1.15. The van der Waals surface area contributed by atoms with Gasteiger partial charge in [0.05, 0.1) is 0 Å². The molecule has 0 aliphatic heterocycles. The smallest absolute Gasteiger partial charge is 0.0497 e. The van der Waals surface area contributed by atoms with Crippen LogP contribution >= 0.6 is 0 Å². The summed E-state index contributed by atoms with van der Waals surface area (Å²) in [5, 5.41) is 2.61. The minimum Gasteiger partial charge on any atom is -0.354 e. The normalized spacial score (nSPS) is 11.4. The van der Waals surface area contributed by atoms with Crippen LogP contribution in [-0.4, -0.2) is 4.98 Å². The Morgan fingerprint density at radius 2 is 1.94 bits per heavy atom. The molecule has 0 aliphatic rings. The summed E-state index contributed by atoms with van der Waals surface area (Å²) in [6.07, 6.45) is 4.98. The van der Waals surface area contributed by atoms with Gasteiger partial charge in [-0.2, -0.15) is 0 Å². The van der Waals surface area contributed by atoms with Crippen molar-refractivity contribution in [2.75, 3.05) is 0 Å². The van der Waals surface area contributed by atoms with E-state index in [1.807, 2.05) is 0 Å². The van der Waals surface area contributed by atoms with Crippen molar-refractivity contribution in [1.82, 2.24) is 4.98 Å². The van der Waals surface area contributed by atoms with E-state index < -0.39 is 0 Å². The van der Waals surface area contributed by atoms with Crippen LogP contribution in [0.4, 0.5) is 0 Å². The van der Waals surface area contributed by atoms with Gasteiger partial charge in [-0.15, -0.1) is 0 Å². The molecule has 0 bridgehead atoms.